The van der Waals surface area contributed by atoms with Crippen LogP contribution < -0.4 is 5.32 Å². The fraction of sp³-hybridized carbons (Fsp3) is 0.286. The lowest BCUT2D eigenvalue weighted by Gasteiger charge is -2.11. The minimum Gasteiger partial charge on any atom is -0.322 e. The molecule has 1 saturated carbocycles. The Morgan fingerprint density at radius 1 is 1.26 bits per heavy atom. The minimum atomic E-state index is -2.64. The lowest BCUT2D eigenvalue weighted by Crippen LogP contribution is -2.13. The Balaban J connectivity index is 1.41. The Kier molecular flexibility index (Phi) is 4.31. The average molecular weight is 423 g/mol. The summed E-state index contributed by atoms with van der Waals surface area (Å²) in [5.41, 5.74) is 4.20. The number of anilines is 1. The lowest BCUT2D eigenvalue weighted by atomic mass is 10.0. The van der Waals surface area contributed by atoms with Gasteiger partial charge in [-0.3, -0.25) is 4.79 Å². The first-order valence-electron chi connectivity index (χ1n) is 9.83. The first-order chi connectivity index (χ1) is 14.8. The molecule has 1 amide bonds. The number of carbonyl (C=O) groups is 1. The molecule has 0 bridgehead atoms. The van der Waals surface area contributed by atoms with Crippen molar-refractivity contribution >= 4 is 17.1 Å². The first kappa shape index (κ1) is 19.3. The van der Waals surface area contributed by atoms with Gasteiger partial charge in [-0.05, 0) is 48.4 Å². The van der Waals surface area contributed by atoms with Crippen molar-refractivity contribution in [2.75, 3.05) is 5.32 Å². The zero-order valence-electron chi connectivity index (χ0n) is 16.9. The molecule has 8 nitrogen and oxygen atoms in total. The van der Waals surface area contributed by atoms with Crippen molar-refractivity contribution in [3.8, 4) is 11.4 Å². The molecular weight excluding hydrogens is 404 g/mol. The van der Waals surface area contributed by atoms with E-state index in [0.29, 0.717) is 28.2 Å². The van der Waals surface area contributed by atoms with Gasteiger partial charge in [-0.1, -0.05) is 12.1 Å². The number of benzene rings is 1. The maximum atomic E-state index is 13.2. The predicted molar refractivity (Wildman–Crippen MR) is 109 cm³/mol. The topological polar surface area (TPSA) is 90.0 Å². The summed E-state index contributed by atoms with van der Waals surface area (Å²) >= 11 is 0. The molecule has 1 aliphatic carbocycles. The third-order valence-corrected chi connectivity index (χ3v) is 5.52. The van der Waals surface area contributed by atoms with Crippen LogP contribution in [0.2, 0.25) is 0 Å². The number of tetrazole rings is 1. The molecule has 1 atom stereocenters. The van der Waals surface area contributed by atoms with Gasteiger partial charge in [-0.2, -0.15) is 9.90 Å². The Labute approximate surface area is 175 Å². The zero-order chi connectivity index (χ0) is 21.8. The van der Waals surface area contributed by atoms with Crippen LogP contribution in [0.15, 0.2) is 42.7 Å². The summed E-state index contributed by atoms with van der Waals surface area (Å²) in [5.74, 6) is -3.34. The highest BCUT2D eigenvalue weighted by atomic mass is 19.3. The number of hydrogen-bond acceptors (Lipinski definition) is 5. The van der Waals surface area contributed by atoms with Gasteiger partial charge in [0.15, 0.2) is 0 Å². The van der Waals surface area contributed by atoms with Crippen LogP contribution in [0.25, 0.3) is 16.9 Å². The number of pyridine rings is 1. The summed E-state index contributed by atoms with van der Waals surface area (Å²) in [7, 11) is 0. The van der Waals surface area contributed by atoms with E-state index < -0.39 is 11.8 Å². The fourth-order valence-corrected chi connectivity index (χ4v) is 3.62. The lowest BCUT2D eigenvalue weighted by molar-refractivity contribution is 0.0929. The van der Waals surface area contributed by atoms with Crippen LogP contribution in [-0.2, 0) is 6.54 Å². The standard InChI is InChI=1S/C21H19F2N7O/c1-12-7-13(2)17(25-20(31)16-10-24-29-6-4-3-5-18(16)29)8-15(12)19-26-28-30(27-19)11-14-9-21(14,22)23/h3-8,10,14H,9,11H2,1-2H3,(H,25,31). The van der Waals surface area contributed by atoms with E-state index in [9.17, 15) is 13.6 Å². The van der Waals surface area contributed by atoms with Gasteiger partial charge >= 0.3 is 0 Å². The molecule has 0 saturated heterocycles. The molecule has 1 unspecified atom stereocenters. The molecule has 1 fully saturated rings. The largest absolute Gasteiger partial charge is 0.322 e. The molecule has 158 valence electrons. The van der Waals surface area contributed by atoms with E-state index >= 15 is 0 Å². The summed E-state index contributed by atoms with van der Waals surface area (Å²) in [5, 5.41) is 19.3. The number of alkyl halides is 2. The van der Waals surface area contributed by atoms with Gasteiger partial charge in [0.2, 0.25) is 5.82 Å². The number of hydrogen-bond donors (Lipinski definition) is 1. The predicted octanol–water partition coefficient (Wildman–Crippen LogP) is 3.51. The van der Waals surface area contributed by atoms with Gasteiger partial charge in [0.1, 0.15) is 0 Å². The maximum absolute atomic E-state index is 13.2. The maximum Gasteiger partial charge on any atom is 0.259 e. The van der Waals surface area contributed by atoms with E-state index in [1.807, 2.05) is 38.1 Å². The molecule has 31 heavy (non-hydrogen) atoms. The van der Waals surface area contributed by atoms with Gasteiger partial charge in [-0.15, -0.1) is 10.2 Å². The number of amides is 1. The highest BCUT2D eigenvalue weighted by Crippen LogP contribution is 2.49. The molecule has 5 rings (SSSR count). The molecule has 3 aromatic heterocycles. The quantitative estimate of drug-likeness (QED) is 0.531. The van der Waals surface area contributed by atoms with Crippen LogP contribution in [0, 0.1) is 19.8 Å². The van der Waals surface area contributed by atoms with Gasteiger partial charge < -0.3 is 5.32 Å². The molecule has 10 heteroatoms. The Hall–Kier alpha value is -3.69. The number of carbonyl (C=O) groups excluding carboxylic acids is 1. The van der Waals surface area contributed by atoms with Crippen molar-refractivity contribution in [1.82, 2.24) is 29.8 Å². The highest BCUT2D eigenvalue weighted by Gasteiger charge is 2.57. The van der Waals surface area contributed by atoms with Crippen molar-refractivity contribution in [2.24, 2.45) is 5.92 Å². The third-order valence-electron chi connectivity index (χ3n) is 5.52. The summed E-state index contributed by atoms with van der Waals surface area (Å²) in [6.07, 6.45) is 3.15. The number of halogens is 2. The van der Waals surface area contributed by atoms with Crippen molar-refractivity contribution < 1.29 is 13.6 Å². The second-order valence-electron chi connectivity index (χ2n) is 7.85. The summed E-state index contributed by atoms with van der Waals surface area (Å²) in [6.45, 7) is 3.82. The SMILES string of the molecule is Cc1cc(C)c(-c2nnn(CC3CC3(F)F)n2)cc1NC(=O)c1cnn2ccccc12. The number of nitrogens with zero attached hydrogens (tertiary/aromatic N) is 6. The average Bonchev–Trinajstić information content (AvgIpc) is 3.09. The van der Waals surface area contributed by atoms with E-state index in [2.05, 4.69) is 25.8 Å². The van der Waals surface area contributed by atoms with E-state index in [4.69, 9.17) is 0 Å². The second-order valence-corrected chi connectivity index (χ2v) is 7.85. The smallest absolute Gasteiger partial charge is 0.259 e. The van der Waals surface area contributed by atoms with Crippen molar-refractivity contribution in [3.63, 3.8) is 0 Å². The number of nitrogens with one attached hydrogen (secondary N) is 1. The third kappa shape index (κ3) is 3.54. The fourth-order valence-electron chi connectivity index (χ4n) is 3.62. The van der Waals surface area contributed by atoms with E-state index in [0.717, 1.165) is 11.1 Å². The number of aryl methyl sites for hydroxylation is 2. The van der Waals surface area contributed by atoms with Gasteiger partial charge in [-0.25, -0.2) is 13.3 Å². The number of aromatic nitrogens is 6. The minimum absolute atomic E-state index is 0.0310. The molecule has 1 aliphatic rings. The van der Waals surface area contributed by atoms with E-state index in [1.165, 1.54) is 11.0 Å². The zero-order valence-corrected chi connectivity index (χ0v) is 16.9. The van der Waals surface area contributed by atoms with Gasteiger partial charge in [0.25, 0.3) is 11.8 Å². The van der Waals surface area contributed by atoms with Crippen LogP contribution >= 0.6 is 0 Å². The first-order valence-corrected chi connectivity index (χ1v) is 9.83. The van der Waals surface area contributed by atoms with E-state index in [1.54, 1.807) is 16.8 Å². The Morgan fingerprint density at radius 3 is 2.84 bits per heavy atom. The summed E-state index contributed by atoms with van der Waals surface area (Å²) < 4.78 is 28.0. The van der Waals surface area contributed by atoms with Crippen LogP contribution in [0.5, 0.6) is 0 Å². The summed E-state index contributed by atoms with van der Waals surface area (Å²) in [4.78, 5) is 14.1. The molecule has 0 spiro atoms. The van der Waals surface area contributed by atoms with Gasteiger partial charge in [0, 0.05) is 29.8 Å². The molecule has 0 radical (unpaired) electrons. The van der Waals surface area contributed by atoms with Crippen LogP contribution in [0.3, 0.4) is 0 Å². The molecule has 4 aromatic rings. The number of fused-ring (bicyclic) bond motifs is 1. The van der Waals surface area contributed by atoms with Crippen molar-refractivity contribution in [3.05, 3.63) is 59.4 Å². The molecule has 1 N–H and O–H groups in total. The normalized spacial score (nSPS) is 17.1. The molecular formula is C21H19F2N7O. The van der Waals surface area contributed by atoms with Crippen LogP contribution in [0.4, 0.5) is 14.5 Å². The van der Waals surface area contributed by atoms with E-state index in [-0.39, 0.29) is 18.9 Å². The van der Waals surface area contributed by atoms with Crippen LogP contribution in [0.1, 0.15) is 27.9 Å². The number of rotatable bonds is 5. The van der Waals surface area contributed by atoms with Crippen molar-refractivity contribution in [1.29, 1.82) is 0 Å². The van der Waals surface area contributed by atoms with Crippen LogP contribution in [-0.4, -0.2) is 41.7 Å². The molecule has 0 aliphatic heterocycles. The summed E-state index contributed by atoms with van der Waals surface area (Å²) in [6, 6.07) is 9.19. The van der Waals surface area contributed by atoms with Gasteiger partial charge in [0.05, 0.1) is 23.8 Å². The second kappa shape index (κ2) is 6.93. The Morgan fingerprint density at radius 2 is 2.06 bits per heavy atom. The highest BCUT2D eigenvalue weighted by molar-refractivity contribution is 6.09. The molecule has 3 heterocycles. The Bertz CT molecular complexity index is 1310. The van der Waals surface area contributed by atoms with Crippen molar-refractivity contribution in [2.45, 2.75) is 32.7 Å². The monoisotopic (exact) mass is 423 g/mol. The molecule has 1 aromatic carbocycles.